The van der Waals surface area contributed by atoms with Crippen molar-refractivity contribution in [2.45, 2.75) is 51.0 Å². The van der Waals surface area contributed by atoms with Crippen molar-refractivity contribution in [3.05, 3.63) is 0 Å². The van der Waals surface area contributed by atoms with Crippen molar-refractivity contribution in [1.82, 2.24) is 9.80 Å². The normalized spacial score (nSPS) is 28.4. The molecule has 0 radical (unpaired) electrons. The Kier molecular flexibility index (Phi) is 5.40. The largest absolute Gasteiger partial charge is 0.344 e. The Morgan fingerprint density at radius 1 is 1.25 bits per heavy atom. The van der Waals surface area contributed by atoms with E-state index in [1.165, 1.54) is 0 Å². The van der Waals surface area contributed by atoms with Crippen LogP contribution in [0.4, 0.5) is 0 Å². The molecule has 5 heteroatoms. The van der Waals surface area contributed by atoms with E-state index in [1.54, 1.807) is 9.80 Å². The molecular formula is C15H27N3O2. The number of rotatable bonds is 3. The summed E-state index contributed by atoms with van der Waals surface area (Å²) in [5, 5.41) is 0. The average Bonchev–Trinajstić information content (AvgIpc) is 2.60. The van der Waals surface area contributed by atoms with Crippen molar-refractivity contribution in [2.75, 3.05) is 26.7 Å². The molecule has 0 unspecified atom stereocenters. The van der Waals surface area contributed by atoms with E-state index < -0.39 is 0 Å². The summed E-state index contributed by atoms with van der Waals surface area (Å²) < 4.78 is 0. The van der Waals surface area contributed by atoms with Crippen molar-refractivity contribution < 1.29 is 9.59 Å². The molecule has 1 aliphatic heterocycles. The summed E-state index contributed by atoms with van der Waals surface area (Å²) in [4.78, 5) is 27.5. The maximum absolute atomic E-state index is 12.2. The maximum Gasteiger partial charge on any atom is 0.241 e. The second kappa shape index (κ2) is 7.07. The van der Waals surface area contributed by atoms with Gasteiger partial charge in [0.1, 0.15) is 0 Å². The molecule has 2 N–H and O–H groups in total. The standard InChI is InChI=1S/C15H27N3O2/c1-17-9-2-10-18(11-15(17)20)14(19)8-5-12-3-6-13(16)7-4-12/h12-13H,2-11,16H2,1H3. The first kappa shape index (κ1) is 15.3. The summed E-state index contributed by atoms with van der Waals surface area (Å²) in [7, 11) is 1.81. The highest BCUT2D eigenvalue weighted by Crippen LogP contribution is 2.27. The summed E-state index contributed by atoms with van der Waals surface area (Å²) in [5.74, 6) is 0.840. The second-order valence-corrected chi connectivity index (χ2v) is 6.30. The van der Waals surface area contributed by atoms with Crippen LogP contribution in [0.2, 0.25) is 0 Å². The number of hydrogen-bond acceptors (Lipinski definition) is 3. The van der Waals surface area contributed by atoms with E-state index >= 15 is 0 Å². The third-order valence-electron chi connectivity index (χ3n) is 4.68. The zero-order valence-corrected chi connectivity index (χ0v) is 12.5. The van der Waals surface area contributed by atoms with Crippen LogP contribution in [0.3, 0.4) is 0 Å². The average molecular weight is 281 g/mol. The lowest BCUT2D eigenvalue weighted by atomic mass is 9.84. The Balaban J connectivity index is 1.75. The molecule has 2 fully saturated rings. The van der Waals surface area contributed by atoms with E-state index in [0.29, 0.717) is 24.9 Å². The van der Waals surface area contributed by atoms with Crippen LogP contribution in [0.1, 0.15) is 44.9 Å². The SMILES string of the molecule is CN1CCCN(C(=O)CCC2CCC(N)CC2)CC1=O. The van der Waals surface area contributed by atoms with Crippen LogP contribution in [0.15, 0.2) is 0 Å². The van der Waals surface area contributed by atoms with Crippen LogP contribution >= 0.6 is 0 Å². The number of nitrogens with two attached hydrogens (primary N) is 1. The van der Waals surface area contributed by atoms with Gasteiger partial charge in [-0.3, -0.25) is 9.59 Å². The Morgan fingerprint density at radius 2 is 1.95 bits per heavy atom. The van der Waals surface area contributed by atoms with Gasteiger partial charge in [0.2, 0.25) is 11.8 Å². The van der Waals surface area contributed by atoms with Crippen LogP contribution in [0, 0.1) is 5.92 Å². The number of nitrogens with zero attached hydrogens (tertiary/aromatic N) is 2. The number of likely N-dealkylation sites (N-methyl/N-ethyl adjacent to an activating group) is 1. The monoisotopic (exact) mass is 281 g/mol. The van der Waals surface area contributed by atoms with Crippen LogP contribution in [0.25, 0.3) is 0 Å². The summed E-state index contributed by atoms with van der Waals surface area (Å²) in [6, 6.07) is 0.362. The molecule has 1 aliphatic carbocycles. The van der Waals surface area contributed by atoms with Gasteiger partial charge in [0.25, 0.3) is 0 Å². The highest BCUT2D eigenvalue weighted by molar-refractivity contribution is 5.85. The quantitative estimate of drug-likeness (QED) is 0.838. The molecule has 114 valence electrons. The number of amides is 2. The molecule has 2 aliphatic rings. The second-order valence-electron chi connectivity index (χ2n) is 6.30. The van der Waals surface area contributed by atoms with E-state index in [9.17, 15) is 9.59 Å². The van der Waals surface area contributed by atoms with Crippen LogP contribution in [-0.2, 0) is 9.59 Å². The molecule has 1 saturated carbocycles. The predicted octanol–water partition coefficient (Wildman–Crippen LogP) is 0.975. The van der Waals surface area contributed by atoms with Crippen LogP contribution in [0.5, 0.6) is 0 Å². The minimum Gasteiger partial charge on any atom is -0.344 e. The third kappa shape index (κ3) is 4.20. The molecule has 1 saturated heterocycles. The molecular weight excluding hydrogens is 254 g/mol. The van der Waals surface area contributed by atoms with Crippen LogP contribution in [-0.4, -0.2) is 54.3 Å². The topological polar surface area (TPSA) is 66.6 Å². The minimum atomic E-state index is 0.0551. The predicted molar refractivity (Wildman–Crippen MR) is 78.0 cm³/mol. The highest BCUT2D eigenvalue weighted by atomic mass is 16.2. The maximum atomic E-state index is 12.2. The Labute approximate surface area is 121 Å². The zero-order chi connectivity index (χ0) is 14.5. The minimum absolute atomic E-state index is 0.0551. The van der Waals surface area contributed by atoms with Crippen molar-refractivity contribution in [2.24, 2.45) is 11.7 Å². The van der Waals surface area contributed by atoms with E-state index in [0.717, 1.165) is 45.1 Å². The Bertz CT molecular complexity index is 351. The van der Waals surface area contributed by atoms with Gasteiger partial charge in [-0.2, -0.15) is 0 Å². The molecule has 0 bridgehead atoms. The fourth-order valence-corrected chi connectivity index (χ4v) is 3.16. The van der Waals surface area contributed by atoms with E-state index in [-0.39, 0.29) is 18.4 Å². The van der Waals surface area contributed by atoms with Gasteiger partial charge in [0.15, 0.2) is 0 Å². The van der Waals surface area contributed by atoms with Gasteiger partial charge in [-0.25, -0.2) is 0 Å². The lowest BCUT2D eigenvalue weighted by molar-refractivity contribution is -0.138. The van der Waals surface area contributed by atoms with E-state index in [1.807, 2.05) is 7.05 Å². The van der Waals surface area contributed by atoms with Gasteiger partial charge in [-0.05, 0) is 44.4 Å². The van der Waals surface area contributed by atoms with Gasteiger partial charge >= 0.3 is 0 Å². The Hall–Kier alpha value is -1.10. The lowest BCUT2D eigenvalue weighted by Crippen LogP contribution is -2.38. The summed E-state index contributed by atoms with van der Waals surface area (Å²) >= 11 is 0. The summed E-state index contributed by atoms with van der Waals surface area (Å²) in [6.45, 7) is 1.72. The van der Waals surface area contributed by atoms with Crippen molar-refractivity contribution in [1.29, 1.82) is 0 Å². The lowest BCUT2D eigenvalue weighted by Gasteiger charge is -2.27. The smallest absolute Gasteiger partial charge is 0.241 e. The molecule has 1 heterocycles. The van der Waals surface area contributed by atoms with Gasteiger partial charge in [0.05, 0.1) is 6.54 Å². The molecule has 2 rings (SSSR count). The molecule has 20 heavy (non-hydrogen) atoms. The summed E-state index contributed by atoms with van der Waals surface area (Å²) in [5.41, 5.74) is 5.90. The number of carbonyl (C=O) groups is 2. The molecule has 5 nitrogen and oxygen atoms in total. The first-order valence-corrected chi connectivity index (χ1v) is 7.83. The fourth-order valence-electron chi connectivity index (χ4n) is 3.16. The van der Waals surface area contributed by atoms with Gasteiger partial charge in [-0.1, -0.05) is 0 Å². The third-order valence-corrected chi connectivity index (χ3v) is 4.68. The van der Waals surface area contributed by atoms with Gasteiger partial charge < -0.3 is 15.5 Å². The molecule has 0 spiro atoms. The molecule has 0 aromatic heterocycles. The van der Waals surface area contributed by atoms with Gasteiger partial charge in [0, 0.05) is 32.6 Å². The van der Waals surface area contributed by atoms with E-state index in [4.69, 9.17) is 5.73 Å². The highest BCUT2D eigenvalue weighted by Gasteiger charge is 2.24. The first-order valence-electron chi connectivity index (χ1n) is 7.83. The first-order chi connectivity index (χ1) is 9.56. The van der Waals surface area contributed by atoms with Crippen molar-refractivity contribution in [3.8, 4) is 0 Å². The molecule has 2 amide bonds. The summed E-state index contributed by atoms with van der Waals surface area (Å²) in [6.07, 6.45) is 6.89. The van der Waals surface area contributed by atoms with Crippen LogP contribution < -0.4 is 5.73 Å². The molecule has 0 aromatic rings. The van der Waals surface area contributed by atoms with Gasteiger partial charge in [-0.15, -0.1) is 0 Å². The number of hydrogen-bond donors (Lipinski definition) is 1. The Morgan fingerprint density at radius 3 is 2.65 bits per heavy atom. The number of carbonyl (C=O) groups excluding carboxylic acids is 2. The van der Waals surface area contributed by atoms with Crippen molar-refractivity contribution >= 4 is 11.8 Å². The fraction of sp³-hybridized carbons (Fsp3) is 0.867. The molecule has 0 atom stereocenters. The van der Waals surface area contributed by atoms with Crippen molar-refractivity contribution in [3.63, 3.8) is 0 Å². The molecule has 0 aromatic carbocycles. The zero-order valence-electron chi connectivity index (χ0n) is 12.5. The van der Waals surface area contributed by atoms with E-state index in [2.05, 4.69) is 0 Å².